The predicted molar refractivity (Wildman–Crippen MR) is 85.5 cm³/mol. The number of aromatic nitrogens is 1. The van der Waals surface area contributed by atoms with E-state index < -0.39 is 0 Å². The van der Waals surface area contributed by atoms with Crippen molar-refractivity contribution in [1.82, 2.24) is 4.57 Å². The zero-order chi connectivity index (χ0) is 14.3. The van der Waals surface area contributed by atoms with Crippen LogP contribution in [-0.4, -0.2) is 4.57 Å². The first-order valence-electron chi connectivity index (χ1n) is 7.64. The molecule has 0 radical (unpaired) electrons. The summed E-state index contributed by atoms with van der Waals surface area (Å²) >= 11 is 0. The lowest BCUT2D eigenvalue weighted by Gasteiger charge is -2.09. The Morgan fingerprint density at radius 1 is 1.16 bits per heavy atom. The van der Waals surface area contributed by atoms with E-state index in [1.165, 1.54) is 55.4 Å². The van der Waals surface area contributed by atoms with E-state index in [9.17, 15) is 0 Å². The molecule has 0 fully saturated rings. The molecule has 0 saturated carbocycles. The summed E-state index contributed by atoms with van der Waals surface area (Å²) in [5, 5.41) is 0. The summed E-state index contributed by atoms with van der Waals surface area (Å²) in [6, 6.07) is 0. The van der Waals surface area contributed by atoms with E-state index in [1.807, 2.05) is 0 Å². The van der Waals surface area contributed by atoms with E-state index in [0.717, 1.165) is 18.7 Å². The lowest BCUT2D eigenvalue weighted by Crippen LogP contribution is -2.00. The normalized spacial score (nSPS) is 10.9. The van der Waals surface area contributed by atoms with E-state index in [2.05, 4.69) is 38.1 Å². The van der Waals surface area contributed by atoms with Gasteiger partial charge in [-0.3, -0.25) is 0 Å². The SMILES string of the molecule is C=C(CCCCCCC)CCn1cc(N)c(C)c1C. The second-order valence-corrected chi connectivity index (χ2v) is 5.65. The van der Waals surface area contributed by atoms with Crippen molar-refractivity contribution in [2.24, 2.45) is 0 Å². The summed E-state index contributed by atoms with van der Waals surface area (Å²) in [4.78, 5) is 0. The zero-order valence-corrected chi connectivity index (χ0v) is 13.0. The van der Waals surface area contributed by atoms with Gasteiger partial charge in [0.25, 0.3) is 0 Å². The van der Waals surface area contributed by atoms with Crippen molar-refractivity contribution < 1.29 is 0 Å². The number of hydrogen-bond donors (Lipinski definition) is 1. The van der Waals surface area contributed by atoms with E-state index in [0.29, 0.717) is 0 Å². The van der Waals surface area contributed by atoms with Crippen molar-refractivity contribution in [2.45, 2.75) is 72.3 Å². The average molecular weight is 262 g/mol. The average Bonchev–Trinajstić information content (AvgIpc) is 2.63. The van der Waals surface area contributed by atoms with Gasteiger partial charge < -0.3 is 10.3 Å². The molecule has 0 spiro atoms. The molecule has 1 heterocycles. The van der Waals surface area contributed by atoms with E-state index in [4.69, 9.17) is 5.73 Å². The number of nitrogen functional groups attached to an aromatic ring is 1. The third-order valence-corrected chi connectivity index (χ3v) is 4.04. The molecule has 108 valence electrons. The van der Waals surface area contributed by atoms with Gasteiger partial charge in [0, 0.05) is 18.4 Å². The quantitative estimate of drug-likeness (QED) is 0.493. The van der Waals surface area contributed by atoms with Crippen LogP contribution in [0.5, 0.6) is 0 Å². The molecule has 1 rings (SSSR count). The van der Waals surface area contributed by atoms with E-state index >= 15 is 0 Å². The molecule has 0 atom stereocenters. The number of rotatable bonds is 9. The minimum absolute atomic E-state index is 0.905. The van der Waals surface area contributed by atoms with Gasteiger partial charge in [-0.25, -0.2) is 0 Å². The van der Waals surface area contributed by atoms with Gasteiger partial charge in [0.15, 0.2) is 0 Å². The van der Waals surface area contributed by atoms with Crippen LogP contribution in [0.2, 0.25) is 0 Å². The van der Waals surface area contributed by atoms with Crippen LogP contribution < -0.4 is 5.73 Å². The first-order chi connectivity index (χ1) is 9.06. The molecule has 0 aliphatic carbocycles. The predicted octanol–water partition coefficient (Wildman–Crippen LogP) is 4.99. The second kappa shape index (κ2) is 8.08. The molecule has 0 bridgehead atoms. The topological polar surface area (TPSA) is 30.9 Å². The highest BCUT2D eigenvalue weighted by molar-refractivity contribution is 5.48. The van der Waals surface area contributed by atoms with E-state index in [1.54, 1.807) is 0 Å². The third kappa shape index (κ3) is 5.14. The number of unbranched alkanes of at least 4 members (excludes halogenated alkanes) is 4. The van der Waals surface area contributed by atoms with Gasteiger partial charge in [0.05, 0.1) is 5.69 Å². The van der Waals surface area contributed by atoms with Gasteiger partial charge in [0.1, 0.15) is 0 Å². The van der Waals surface area contributed by atoms with Crippen LogP contribution in [0.15, 0.2) is 18.3 Å². The number of nitrogens with zero attached hydrogens (tertiary/aromatic N) is 1. The fraction of sp³-hybridized carbons (Fsp3) is 0.647. The fourth-order valence-corrected chi connectivity index (χ4v) is 2.40. The van der Waals surface area contributed by atoms with Crippen LogP contribution >= 0.6 is 0 Å². The van der Waals surface area contributed by atoms with Gasteiger partial charge in [-0.1, -0.05) is 44.8 Å². The Balaban J connectivity index is 2.24. The van der Waals surface area contributed by atoms with Gasteiger partial charge in [-0.05, 0) is 38.7 Å². The smallest absolute Gasteiger partial charge is 0.0526 e. The molecule has 1 aromatic heterocycles. The Bertz CT molecular complexity index is 402. The number of nitrogens with two attached hydrogens (primary N) is 1. The monoisotopic (exact) mass is 262 g/mol. The Labute approximate surface area is 118 Å². The molecule has 0 aliphatic rings. The largest absolute Gasteiger partial charge is 0.397 e. The lowest BCUT2D eigenvalue weighted by atomic mass is 10.0. The van der Waals surface area contributed by atoms with Crippen LogP contribution in [0.25, 0.3) is 0 Å². The summed E-state index contributed by atoms with van der Waals surface area (Å²) < 4.78 is 2.26. The maximum Gasteiger partial charge on any atom is 0.0526 e. The van der Waals surface area contributed by atoms with Crippen LogP contribution in [-0.2, 0) is 6.54 Å². The number of aryl methyl sites for hydroxylation is 1. The van der Waals surface area contributed by atoms with Crippen molar-refractivity contribution in [3.05, 3.63) is 29.6 Å². The first kappa shape index (κ1) is 15.9. The minimum atomic E-state index is 0.905. The summed E-state index contributed by atoms with van der Waals surface area (Å²) in [6.07, 6.45) is 11.0. The number of hydrogen-bond acceptors (Lipinski definition) is 1. The maximum absolute atomic E-state index is 5.93. The Morgan fingerprint density at radius 3 is 2.42 bits per heavy atom. The van der Waals surface area contributed by atoms with Gasteiger partial charge in [0.2, 0.25) is 0 Å². The van der Waals surface area contributed by atoms with Crippen LogP contribution in [0.1, 0.15) is 63.1 Å². The molecule has 0 unspecified atom stereocenters. The summed E-state index contributed by atoms with van der Waals surface area (Å²) in [5.41, 5.74) is 10.7. The molecule has 2 nitrogen and oxygen atoms in total. The van der Waals surface area contributed by atoms with Crippen molar-refractivity contribution in [3.63, 3.8) is 0 Å². The van der Waals surface area contributed by atoms with Crippen molar-refractivity contribution in [1.29, 1.82) is 0 Å². The van der Waals surface area contributed by atoms with Crippen molar-refractivity contribution >= 4 is 5.69 Å². The Kier molecular flexibility index (Phi) is 6.75. The molecule has 0 saturated heterocycles. The molecule has 0 aliphatic heterocycles. The summed E-state index contributed by atoms with van der Waals surface area (Å²) in [6.45, 7) is 11.7. The Hall–Kier alpha value is -1.18. The van der Waals surface area contributed by atoms with Gasteiger partial charge >= 0.3 is 0 Å². The molecule has 1 aromatic rings. The molecule has 0 amide bonds. The van der Waals surface area contributed by atoms with Crippen LogP contribution in [0.4, 0.5) is 5.69 Å². The molecular formula is C17H30N2. The summed E-state index contributed by atoms with van der Waals surface area (Å²) in [5.74, 6) is 0. The molecular weight excluding hydrogens is 232 g/mol. The second-order valence-electron chi connectivity index (χ2n) is 5.65. The van der Waals surface area contributed by atoms with Crippen molar-refractivity contribution in [3.8, 4) is 0 Å². The zero-order valence-electron chi connectivity index (χ0n) is 13.0. The van der Waals surface area contributed by atoms with E-state index in [-0.39, 0.29) is 0 Å². The van der Waals surface area contributed by atoms with Crippen LogP contribution in [0.3, 0.4) is 0 Å². The third-order valence-electron chi connectivity index (χ3n) is 4.04. The highest BCUT2D eigenvalue weighted by Gasteiger charge is 2.05. The van der Waals surface area contributed by atoms with Gasteiger partial charge in [-0.2, -0.15) is 0 Å². The molecule has 19 heavy (non-hydrogen) atoms. The fourth-order valence-electron chi connectivity index (χ4n) is 2.40. The first-order valence-corrected chi connectivity index (χ1v) is 7.64. The highest BCUT2D eigenvalue weighted by Crippen LogP contribution is 2.19. The molecule has 2 heteroatoms. The highest BCUT2D eigenvalue weighted by atomic mass is 15.0. The molecule has 0 aromatic carbocycles. The summed E-state index contributed by atoms with van der Waals surface area (Å²) in [7, 11) is 0. The van der Waals surface area contributed by atoms with Crippen LogP contribution in [0, 0.1) is 13.8 Å². The Morgan fingerprint density at radius 2 is 1.84 bits per heavy atom. The standard InChI is InChI=1S/C17H30N2/c1-5-6-7-8-9-10-14(2)11-12-19-13-17(18)15(3)16(19)4/h13H,2,5-12,18H2,1,3-4H3. The maximum atomic E-state index is 5.93. The lowest BCUT2D eigenvalue weighted by molar-refractivity contribution is 0.608. The minimum Gasteiger partial charge on any atom is -0.397 e. The van der Waals surface area contributed by atoms with Gasteiger partial charge in [-0.15, -0.1) is 0 Å². The number of allylic oxidation sites excluding steroid dienone is 1. The molecule has 2 N–H and O–H groups in total. The van der Waals surface area contributed by atoms with Crippen molar-refractivity contribution in [2.75, 3.05) is 5.73 Å². The number of anilines is 1.